The smallest absolute Gasteiger partial charge is 0.271 e. The summed E-state index contributed by atoms with van der Waals surface area (Å²) >= 11 is 4.80. The number of rotatable bonds is 4. The summed E-state index contributed by atoms with van der Waals surface area (Å²) in [5, 5.41) is 6.37. The molecule has 2 aromatic carbocycles. The van der Waals surface area contributed by atoms with Gasteiger partial charge in [0.15, 0.2) is 0 Å². The van der Waals surface area contributed by atoms with E-state index < -0.39 is 0 Å². The van der Waals surface area contributed by atoms with Crippen molar-refractivity contribution in [3.63, 3.8) is 0 Å². The van der Waals surface area contributed by atoms with Crippen molar-refractivity contribution in [1.29, 1.82) is 0 Å². The standard InChI is InChI=1S/C21H15BrN4O2S/c22-16-8-4-7-15(11-16)13-25-21(28)26-17-9-10-29-18(17)19(27)24(20(26)23-25)12-14-5-2-1-3-6-14/h1-11H,12-13H2. The van der Waals surface area contributed by atoms with Crippen LogP contribution in [0.2, 0.25) is 0 Å². The van der Waals surface area contributed by atoms with Crippen LogP contribution in [0.3, 0.4) is 0 Å². The molecular weight excluding hydrogens is 452 g/mol. The molecule has 0 aliphatic carbocycles. The molecule has 0 N–H and O–H groups in total. The maximum Gasteiger partial charge on any atom is 0.352 e. The van der Waals surface area contributed by atoms with Crippen LogP contribution >= 0.6 is 27.3 Å². The molecule has 0 fully saturated rings. The Morgan fingerprint density at radius 1 is 0.931 bits per heavy atom. The quantitative estimate of drug-likeness (QED) is 0.405. The maximum atomic E-state index is 13.2. The molecule has 0 aliphatic rings. The Balaban J connectivity index is 1.74. The minimum atomic E-state index is -0.259. The van der Waals surface area contributed by atoms with Crippen LogP contribution in [0.4, 0.5) is 0 Å². The van der Waals surface area contributed by atoms with Crippen molar-refractivity contribution in [2.75, 3.05) is 0 Å². The molecule has 144 valence electrons. The van der Waals surface area contributed by atoms with Gasteiger partial charge in [0.05, 0.1) is 18.6 Å². The third-order valence-electron chi connectivity index (χ3n) is 4.79. The summed E-state index contributed by atoms with van der Waals surface area (Å²) in [6.07, 6.45) is 0. The molecule has 0 saturated heterocycles. The molecular formula is C21H15BrN4O2S. The van der Waals surface area contributed by atoms with Crippen molar-refractivity contribution >= 4 is 43.3 Å². The number of halogens is 1. The molecule has 0 unspecified atom stereocenters. The Morgan fingerprint density at radius 2 is 1.72 bits per heavy atom. The summed E-state index contributed by atoms with van der Waals surface area (Å²) in [5.41, 5.74) is 2.13. The van der Waals surface area contributed by atoms with E-state index in [-0.39, 0.29) is 11.2 Å². The van der Waals surface area contributed by atoms with Crippen LogP contribution in [0, 0.1) is 0 Å². The zero-order valence-electron chi connectivity index (χ0n) is 15.2. The third-order valence-corrected chi connectivity index (χ3v) is 6.18. The normalized spacial score (nSPS) is 11.5. The van der Waals surface area contributed by atoms with Gasteiger partial charge in [0.25, 0.3) is 5.56 Å². The molecule has 3 heterocycles. The van der Waals surface area contributed by atoms with Crippen LogP contribution in [0.15, 0.2) is 80.1 Å². The lowest BCUT2D eigenvalue weighted by Gasteiger charge is -2.07. The van der Waals surface area contributed by atoms with E-state index in [0.29, 0.717) is 29.1 Å². The maximum absolute atomic E-state index is 13.2. The first-order chi connectivity index (χ1) is 14.1. The Bertz CT molecular complexity index is 1460. The molecule has 0 aliphatic heterocycles. The van der Waals surface area contributed by atoms with Gasteiger partial charge in [-0.3, -0.25) is 9.36 Å². The molecule has 0 amide bonds. The zero-order chi connectivity index (χ0) is 20.0. The molecule has 5 aromatic rings. The van der Waals surface area contributed by atoms with Crippen LogP contribution in [-0.4, -0.2) is 18.7 Å². The predicted octanol–water partition coefficient (Wildman–Crippen LogP) is 3.73. The lowest BCUT2D eigenvalue weighted by Crippen LogP contribution is -2.26. The number of aromatic nitrogens is 4. The van der Waals surface area contributed by atoms with Gasteiger partial charge in [-0.05, 0) is 34.7 Å². The van der Waals surface area contributed by atoms with Crippen molar-refractivity contribution in [1.82, 2.24) is 18.7 Å². The van der Waals surface area contributed by atoms with E-state index >= 15 is 0 Å². The fourth-order valence-electron chi connectivity index (χ4n) is 3.45. The van der Waals surface area contributed by atoms with Crippen molar-refractivity contribution in [2.24, 2.45) is 0 Å². The molecule has 6 nitrogen and oxygen atoms in total. The fraction of sp³-hybridized carbons (Fsp3) is 0.0952. The van der Waals surface area contributed by atoms with Gasteiger partial charge in [-0.1, -0.05) is 58.4 Å². The van der Waals surface area contributed by atoms with E-state index in [1.165, 1.54) is 20.4 Å². The second-order valence-electron chi connectivity index (χ2n) is 6.72. The Labute approximate surface area is 177 Å². The summed E-state index contributed by atoms with van der Waals surface area (Å²) in [5.74, 6) is 0.352. The van der Waals surface area contributed by atoms with Gasteiger partial charge >= 0.3 is 5.69 Å². The second-order valence-corrected chi connectivity index (χ2v) is 8.55. The number of nitrogens with zero attached hydrogens (tertiary/aromatic N) is 4. The van der Waals surface area contributed by atoms with Gasteiger partial charge < -0.3 is 0 Å². The highest BCUT2D eigenvalue weighted by molar-refractivity contribution is 9.10. The summed E-state index contributed by atoms with van der Waals surface area (Å²) < 4.78 is 6.02. The zero-order valence-corrected chi connectivity index (χ0v) is 17.6. The second kappa shape index (κ2) is 7.13. The van der Waals surface area contributed by atoms with E-state index in [9.17, 15) is 9.59 Å². The van der Waals surface area contributed by atoms with E-state index in [0.717, 1.165) is 15.6 Å². The van der Waals surface area contributed by atoms with E-state index in [4.69, 9.17) is 0 Å². The number of fused-ring (bicyclic) bond motifs is 3. The fourth-order valence-corrected chi connectivity index (χ4v) is 4.72. The molecule has 0 saturated carbocycles. The highest BCUT2D eigenvalue weighted by Gasteiger charge is 2.18. The molecule has 0 atom stereocenters. The van der Waals surface area contributed by atoms with Gasteiger partial charge in [-0.25, -0.2) is 13.9 Å². The molecule has 0 radical (unpaired) electrons. The number of thiophene rings is 1. The Kier molecular flexibility index (Phi) is 4.44. The van der Waals surface area contributed by atoms with Gasteiger partial charge in [-0.15, -0.1) is 16.4 Å². The van der Waals surface area contributed by atoms with Crippen LogP contribution in [0.1, 0.15) is 11.1 Å². The largest absolute Gasteiger partial charge is 0.352 e. The van der Waals surface area contributed by atoms with E-state index in [2.05, 4.69) is 21.0 Å². The van der Waals surface area contributed by atoms with Gasteiger partial charge in [0, 0.05) is 4.47 Å². The monoisotopic (exact) mass is 466 g/mol. The van der Waals surface area contributed by atoms with Crippen molar-refractivity contribution in [2.45, 2.75) is 13.1 Å². The number of hydrogen-bond donors (Lipinski definition) is 0. The Morgan fingerprint density at radius 3 is 2.52 bits per heavy atom. The van der Waals surface area contributed by atoms with E-state index in [1.807, 2.05) is 60.0 Å². The number of hydrogen-bond acceptors (Lipinski definition) is 4. The van der Waals surface area contributed by atoms with E-state index in [1.54, 1.807) is 10.6 Å². The summed E-state index contributed by atoms with van der Waals surface area (Å²) in [4.78, 5) is 26.3. The Hall–Kier alpha value is -2.97. The highest BCUT2D eigenvalue weighted by atomic mass is 79.9. The average Bonchev–Trinajstić information content (AvgIpc) is 3.31. The van der Waals surface area contributed by atoms with Crippen LogP contribution < -0.4 is 11.2 Å². The topological polar surface area (TPSA) is 61.3 Å². The molecule has 8 heteroatoms. The third kappa shape index (κ3) is 3.14. The lowest BCUT2D eigenvalue weighted by atomic mass is 10.2. The van der Waals surface area contributed by atoms with Crippen LogP contribution in [-0.2, 0) is 13.1 Å². The van der Waals surface area contributed by atoms with Gasteiger partial charge in [-0.2, -0.15) is 0 Å². The van der Waals surface area contributed by atoms with Crippen molar-refractivity contribution in [3.8, 4) is 0 Å². The predicted molar refractivity (Wildman–Crippen MR) is 118 cm³/mol. The molecule has 29 heavy (non-hydrogen) atoms. The van der Waals surface area contributed by atoms with Crippen molar-refractivity contribution in [3.05, 3.63) is 102 Å². The lowest BCUT2D eigenvalue weighted by molar-refractivity contribution is 0.654. The molecule has 3 aromatic heterocycles. The van der Waals surface area contributed by atoms with Crippen LogP contribution in [0.25, 0.3) is 16.0 Å². The van der Waals surface area contributed by atoms with Crippen molar-refractivity contribution < 1.29 is 0 Å². The molecule has 0 spiro atoms. The highest BCUT2D eigenvalue weighted by Crippen LogP contribution is 2.18. The first-order valence-corrected chi connectivity index (χ1v) is 10.7. The molecule has 5 rings (SSSR count). The molecule has 0 bridgehead atoms. The van der Waals surface area contributed by atoms with Crippen LogP contribution in [0.5, 0.6) is 0 Å². The first-order valence-electron chi connectivity index (χ1n) is 9.00. The summed E-state index contributed by atoms with van der Waals surface area (Å²) in [7, 11) is 0. The minimum absolute atomic E-state index is 0.133. The summed E-state index contributed by atoms with van der Waals surface area (Å²) in [6.45, 7) is 0.676. The SMILES string of the molecule is O=c1c2sccc2n2c(=O)n(Cc3cccc(Br)c3)nc2n1Cc1ccccc1. The van der Waals surface area contributed by atoms with Gasteiger partial charge in [0.1, 0.15) is 4.70 Å². The first kappa shape index (κ1) is 18.1. The number of benzene rings is 2. The summed E-state index contributed by atoms with van der Waals surface area (Å²) in [6, 6.07) is 19.3. The average molecular weight is 467 g/mol. The minimum Gasteiger partial charge on any atom is -0.271 e. The van der Waals surface area contributed by atoms with Gasteiger partial charge in [0.2, 0.25) is 5.78 Å².